The fraction of sp³-hybridized carbons (Fsp3) is 0.500. The lowest BCUT2D eigenvalue weighted by Gasteiger charge is -2.27. The number of nitrogens with zero attached hydrogens (tertiary/aromatic N) is 1. The van der Waals surface area contributed by atoms with Crippen LogP contribution in [0.2, 0.25) is 0 Å². The Kier molecular flexibility index (Phi) is 5.83. The first-order chi connectivity index (χ1) is 11.3. The molecule has 1 saturated carbocycles. The lowest BCUT2D eigenvalue weighted by Crippen LogP contribution is -2.35. The number of nitrogens with one attached hydrogen (secondary N) is 1. The van der Waals surface area contributed by atoms with Gasteiger partial charge in [0.05, 0.1) is 10.5 Å². The predicted octanol–water partition coefficient (Wildman–Crippen LogP) is 1.82. The zero-order chi connectivity index (χ0) is 17.9. The molecule has 1 aliphatic carbocycles. The molecule has 1 aromatic carbocycles. The first-order valence-electron chi connectivity index (χ1n) is 7.46. The van der Waals surface area contributed by atoms with Crippen molar-refractivity contribution in [3.05, 3.63) is 28.8 Å². The molecule has 1 atom stereocenters. The zero-order valence-electron chi connectivity index (χ0n) is 12.9. The number of benzene rings is 1. The van der Waals surface area contributed by atoms with Crippen molar-refractivity contribution in [2.24, 2.45) is 21.9 Å². The highest BCUT2D eigenvalue weighted by molar-refractivity contribution is 7.82. The van der Waals surface area contributed by atoms with Crippen molar-refractivity contribution in [3.63, 3.8) is 0 Å². The van der Waals surface area contributed by atoms with Gasteiger partial charge in [0.25, 0.3) is 0 Å². The number of hydrogen-bond acceptors (Lipinski definition) is 4. The first-order valence-corrected chi connectivity index (χ1v) is 8.67. The number of rotatable bonds is 3. The van der Waals surface area contributed by atoms with Crippen LogP contribution >= 0.6 is 0 Å². The predicted molar refractivity (Wildman–Crippen MR) is 85.9 cm³/mol. The molecule has 1 aromatic rings. The molecule has 24 heavy (non-hydrogen) atoms. The Morgan fingerprint density at radius 2 is 1.88 bits per heavy atom. The minimum atomic E-state index is -4.71. The van der Waals surface area contributed by atoms with E-state index in [0.29, 0.717) is 5.56 Å². The maximum atomic E-state index is 13.3. The quantitative estimate of drug-likeness (QED) is 0.283. The van der Waals surface area contributed by atoms with Crippen LogP contribution in [0.5, 0.6) is 0 Å². The van der Waals surface area contributed by atoms with Gasteiger partial charge in [0.1, 0.15) is 11.0 Å². The highest BCUT2D eigenvalue weighted by atomic mass is 32.2. The topological polar surface area (TPSA) is 120 Å². The average Bonchev–Trinajstić information content (AvgIpc) is 2.55. The molecule has 0 saturated heterocycles. The van der Waals surface area contributed by atoms with Gasteiger partial charge >= 0.3 is 6.18 Å². The second kappa shape index (κ2) is 7.49. The van der Waals surface area contributed by atoms with Gasteiger partial charge in [-0.05, 0) is 30.4 Å². The second-order valence-electron chi connectivity index (χ2n) is 5.66. The van der Waals surface area contributed by atoms with E-state index in [1.165, 1.54) is 6.07 Å². The molecule has 134 valence electrons. The molecule has 6 nitrogen and oxygen atoms in total. The van der Waals surface area contributed by atoms with E-state index >= 15 is 0 Å². The minimum Gasteiger partial charge on any atom is -0.321 e. The molecule has 0 aromatic heterocycles. The molecule has 0 radical (unpaired) electrons. The number of halogens is 3. The Labute approximate surface area is 140 Å². The number of amidine groups is 1. The second-order valence-corrected chi connectivity index (χ2v) is 6.66. The third kappa shape index (κ3) is 3.70. The monoisotopic (exact) mass is 363 g/mol. The Balaban J connectivity index is 2.76. The first kappa shape index (κ1) is 18.7. The summed E-state index contributed by atoms with van der Waals surface area (Å²) in [7, 11) is -2.39. The summed E-state index contributed by atoms with van der Waals surface area (Å²) in [6.45, 7) is 0. The summed E-state index contributed by atoms with van der Waals surface area (Å²) in [5.74, 6) is 10.5. The van der Waals surface area contributed by atoms with E-state index in [1.807, 2.05) is 0 Å². The van der Waals surface area contributed by atoms with Crippen molar-refractivity contribution in [1.82, 2.24) is 5.43 Å². The van der Waals surface area contributed by atoms with Crippen molar-refractivity contribution in [1.29, 1.82) is 0 Å². The van der Waals surface area contributed by atoms with Crippen molar-refractivity contribution in [3.8, 4) is 0 Å². The molecule has 1 unspecified atom stereocenters. The fourth-order valence-corrected chi connectivity index (χ4v) is 4.02. The molecule has 1 fully saturated rings. The average molecular weight is 363 g/mol. The van der Waals surface area contributed by atoms with Crippen LogP contribution in [0, 0.1) is 0 Å². The molecule has 1 aliphatic rings. The van der Waals surface area contributed by atoms with Gasteiger partial charge in [0.15, 0.2) is 5.84 Å². The van der Waals surface area contributed by atoms with Gasteiger partial charge < -0.3 is 11.3 Å². The van der Waals surface area contributed by atoms with E-state index in [1.54, 1.807) is 0 Å². The van der Waals surface area contributed by atoms with Crippen LogP contribution in [-0.2, 0) is 17.2 Å². The number of hydrogen-bond donors (Lipinski definition) is 4. The van der Waals surface area contributed by atoms with Gasteiger partial charge in [-0.3, -0.25) is 0 Å². The van der Waals surface area contributed by atoms with Gasteiger partial charge in [0.2, 0.25) is 0 Å². The van der Waals surface area contributed by atoms with Gasteiger partial charge in [-0.15, -0.1) is 0 Å². The molecule has 10 heteroatoms. The number of alkyl halides is 3. The van der Waals surface area contributed by atoms with Crippen molar-refractivity contribution in [2.75, 3.05) is 0 Å². The summed E-state index contributed by atoms with van der Waals surface area (Å²) in [6, 6.07) is 2.30. The third-order valence-electron chi connectivity index (χ3n) is 4.24. The molecule has 0 amide bonds. The highest BCUT2D eigenvalue weighted by Gasteiger charge is 2.38. The van der Waals surface area contributed by atoms with E-state index in [2.05, 4.69) is 10.5 Å². The maximum Gasteiger partial charge on any atom is 0.417 e. The van der Waals surface area contributed by atoms with Gasteiger partial charge in [0, 0.05) is 5.56 Å². The number of hydrazone groups is 1. The highest BCUT2D eigenvalue weighted by Crippen LogP contribution is 2.40. The molecule has 2 rings (SSSR count). The Hall–Kier alpha value is -1.65. The molecular weight excluding hydrogens is 343 g/mol. The normalized spacial score (nSPS) is 18.5. The van der Waals surface area contributed by atoms with Gasteiger partial charge in [-0.1, -0.05) is 25.3 Å². The van der Waals surface area contributed by atoms with E-state index in [-0.39, 0.29) is 17.3 Å². The van der Waals surface area contributed by atoms with E-state index in [0.717, 1.165) is 38.2 Å². The third-order valence-corrected chi connectivity index (χ3v) is 5.07. The van der Waals surface area contributed by atoms with Crippen molar-refractivity contribution in [2.45, 2.75) is 49.1 Å². The summed E-state index contributed by atoms with van der Waals surface area (Å²) < 4.78 is 51.9. The minimum absolute atomic E-state index is 0.0115. The zero-order valence-corrected chi connectivity index (χ0v) is 13.7. The van der Waals surface area contributed by atoms with Crippen molar-refractivity contribution < 1.29 is 17.4 Å². The Morgan fingerprint density at radius 3 is 2.33 bits per heavy atom. The van der Waals surface area contributed by atoms with Gasteiger partial charge in [-0.2, -0.15) is 18.3 Å². The summed E-state index contributed by atoms with van der Waals surface area (Å²) in [4.78, 5) is -0.548. The van der Waals surface area contributed by atoms with Crippen molar-refractivity contribution >= 4 is 16.8 Å². The molecular formula is C14H20F3N5OS. The van der Waals surface area contributed by atoms with Crippen LogP contribution in [0.1, 0.15) is 54.7 Å². The summed E-state index contributed by atoms with van der Waals surface area (Å²) >= 11 is 0. The largest absolute Gasteiger partial charge is 0.417 e. The molecule has 0 heterocycles. The Bertz CT molecular complexity index is 657. The van der Waals surface area contributed by atoms with E-state index in [4.69, 9.17) is 16.8 Å². The molecule has 0 bridgehead atoms. The molecule has 0 aliphatic heterocycles. The molecule has 7 N–H and O–H groups in total. The standard InChI is InChI=1S/C14H20F3N5OS/c15-14(16,17)10-7-6-9(8-4-2-1-3-5-8)11(12(10)24(20)23)13(21-18)22-19/h6-8H,1-5,18-20H2,(H,21,22). The van der Waals surface area contributed by atoms with Crippen LogP contribution in [0.4, 0.5) is 13.2 Å². The number of hydrazine groups is 1. The Morgan fingerprint density at radius 1 is 1.25 bits per heavy atom. The maximum absolute atomic E-state index is 13.3. The van der Waals surface area contributed by atoms with Crippen LogP contribution in [0.25, 0.3) is 0 Å². The van der Waals surface area contributed by atoms with Crippen LogP contribution in [0.3, 0.4) is 0 Å². The summed E-state index contributed by atoms with van der Waals surface area (Å²) in [5, 5.41) is 8.79. The lowest BCUT2D eigenvalue weighted by molar-refractivity contribution is -0.139. The van der Waals surface area contributed by atoms with Crippen LogP contribution in [0.15, 0.2) is 22.1 Å². The van der Waals surface area contributed by atoms with Crippen LogP contribution in [-0.4, -0.2) is 10.0 Å². The van der Waals surface area contributed by atoms with E-state index in [9.17, 15) is 17.4 Å². The lowest BCUT2D eigenvalue weighted by atomic mass is 9.81. The molecule has 0 spiro atoms. The SMILES string of the molecule is N/N=C(\NN)c1c(C2CCCCC2)ccc(C(F)(F)F)c1S(N)=O. The fourth-order valence-electron chi connectivity index (χ4n) is 3.20. The number of nitrogens with two attached hydrogens (primary N) is 3. The van der Waals surface area contributed by atoms with E-state index < -0.39 is 27.6 Å². The van der Waals surface area contributed by atoms with Crippen LogP contribution < -0.4 is 22.3 Å². The summed E-state index contributed by atoms with van der Waals surface area (Å²) in [5.41, 5.74) is 1.68. The smallest absolute Gasteiger partial charge is 0.321 e. The van der Waals surface area contributed by atoms with Gasteiger partial charge in [-0.25, -0.2) is 15.2 Å². The summed E-state index contributed by atoms with van der Waals surface area (Å²) in [6.07, 6.45) is -0.0584.